The summed E-state index contributed by atoms with van der Waals surface area (Å²) in [4.78, 5) is 29.0. The number of ether oxygens (including phenoxy) is 1. The second-order valence-corrected chi connectivity index (χ2v) is 7.67. The van der Waals surface area contributed by atoms with Crippen LogP contribution in [0.3, 0.4) is 0 Å². The lowest BCUT2D eigenvalue weighted by atomic mass is 9.84. The number of nitrogens with one attached hydrogen (secondary N) is 2. The van der Waals surface area contributed by atoms with Gasteiger partial charge >= 0.3 is 0 Å². The number of carbonyl (C=O) groups excluding carboxylic acids is 2. The fourth-order valence-electron chi connectivity index (χ4n) is 4.56. The van der Waals surface area contributed by atoms with Crippen molar-refractivity contribution in [1.29, 1.82) is 0 Å². The minimum atomic E-state index is -0.383. The van der Waals surface area contributed by atoms with E-state index >= 15 is 0 Å². The third kappa shape index (κ3) is 3.00. The summed E-state index contributed by atoms with van der Waals surface area (Å²) in [7, 11) is 0. The van der Waals surface area contributed by atoms with E-state index in [-0.39, 0.29) is 25.0 Å². The first-order valence-electron chi connectivity index (χ1n) is 10.2. The summed E-state index contributed by atoms with van der Waals surface area (Å²) in [6, 6.07) is 11.6. The van der Waals surface area contributed by atoms with Gasteiger partial charge in [-0.3, -0.25) is 14.9 Å². The summed E-state index contributed by atoms with van der Waals surface area (Å²) in [6.07, 6.45) is 5.68. The van der Waals surface area contributed by atoms with Gasteiger partial charge in [-0.1, -0.05) is 18.2 Å². The molecule has 6 nitrogen and oxygen atoms in total. The van der Waals surface area contributed by atoms with E-state index in [1.807, 2.05) is 36.4 Å². The fourth-order valence-corrected chi connectivity index (χ4v) is 4.56. The van der Waals surface area contributed by atoms with Gasteiger partial charge in [-0.25, -0.2) is 0 Å². The van der Waals surface area contributed by atoms with Crippen molar-refractivity contribution in [1.82, 2.24) is 10.3 Å². The second-order valence-electron chi connectivity index (χ2n) is 7.67. The van der Waals surface area contributed by atoms with Gasteiger partial charge in [0.1, 0.15) is 12.4 Å². The van der Waals surface area contributed by atoms with E-state index in [1.54, 1.807) is 6.20 Å². The molecule has 2 aliphatic rings. The van der Waals surface area contributed by atoms with E-state index in [9.17, 15) is 9.59 Å². The number of aromatic amines is 1. The molecule has 2 aromatic carbocycles. The Hall–Kier alpha value is -3.38. The van der Waals surface area contributed by atoms with Crippen molar-refractivity contribution in [3.63, 3.8) is 0 Å². The highest BCUT2D eigenvalue weighted by Gasteiger charge is 2.35. The molecule has 3 aromatic rings. The van der Waals surface area contributed by atoms with Crippen LogP contribution < -0.4 is 10.1 Å². The number of H-pyrrole nitrogens is 1. The molecule has 0 spiro atoms. The highest BCUT2D eigenvalue weighted by atomic mass is 16.5. The monoisotopic (exact) mass is 402 g/mol. The van der Waals surface area contributed by atoms with Crippen LogP contribution in [0.4, 0.5) is 0 Å². The number of benzene rings is 2. The zero-order chi connectivity index (χ0) is 20.7. The third-order valence-electron chi connectivity index (χ3n) is 5.86. The summed E-state index contributed by atoms with van der Waals surface area (Å²) in [5, 5.41) is 12.5. The van der Waals surface area contributed by atoms with E-state index in [0.717, 1.165) is 58.8 Å². The number of para-hydroxylation sites is 1. The minimum Gasteiger partial charge on any atom is -0.491 e. The SMILES string of the molecule is O=C1NC(=O)C(c2c[nH]c3ccccc23)=C1c1cc(OCCO)cc2c1CCCC2. The van der Waals surface area contributed by atoms with Crippen LogP contribution >= 0.6 is 0 Å². The molecule has 0 saturated carbocycles. The number of hydrogen-bond donors (Lipinski definition) is 3. The molecule has 0 fully saturated rings. The number of carbonyl (C=O) groups is 2. The van der Waals surface area contributed by atoms with Crippen molar-refractivity contribution < 1.29 is 19.4 Å². The summed E-state index contributed by atoms with van der Waals surface area (Å²) < 4.78 is 5.68. The lowest BCUT2D eigenvalue weighted by molar-refractivity contribution is -0.122. The van der Waals surface area contributed by atoms with Crippen molar-refractivity contribution >= 4 is 33.9 Å². The Morgan fingerprint density at radius 2 is 1.73 bits per heavy atom. The first-order chi connectivity index (χ1) is 14.7. The van der Waals surface area contributed by atoms with Gasteiger partial charge in [-0.2, -0.15) is 0 Å². The van der Waals surface area contributed by atoms with E-state index in [4.69, 9.17) is 9.84 Å². The number of aliphatic hydroxyl groups is 1. The van der Waals surface area contributed by atoms with Crippen molar-refractivity contribution in [3.05, 3.63) is 64.8 Å². The number of amides is 2. The Morgan fingerprint density at radius 1 is 0.967 bits per heavy atom. The summed E-state index contributed by atoms with van der Waals surface area (Å²) in [6.45, 7) is 0.0897. The number of aromatic nitrogens is 1. The normalized spacial score (nSPS) is 16.2. The second kappa shape index (κ2) is 7.46. The molecule has 5 rings (SSSR count). The number of aliphatic hydroxyl groups excluding tert-OH is 1. The molecule has 6 heteroatoms. The Balaban J connectivity index is 1.76. The zero-order valence-corrected chi connectivity index (χ0v) is 16.5. The van der Waals surface area contributed by atoms with Gasteiger partial charge < -0.3 is 14.8 Å². The van der Waals surface area contributed by atoms with Gasteiger partial charge in [0.05, 0.1) is 17.8 Å². The number of rotatable bonds is 5. The van der Waals surface area contributed by atoms with E-state index in [0.29, 0.717) is 16.9 Å². The number of fused-ring (bicyclic) bond motifs is 2. The van der Waals surface area contributed by atoms with Crippen LogP contribution in [0.5, 0.6) is 5.75 Å². The Morgan fingerprint density at radius 3 is 2.57 bits per heavy atom. The van der Waals surface area contributed by atoms with E-state index in [2.05, 4.69) is 10.3 Å². The Bertz CT molecular complexity index is 1210. The molecular weight excluding hydrogens is 380 g/mol. The molecule has 0 atom stereocenters. The van der Waals surface area contributed by atoms with E-state index < -0.39 is 0 Å². The predicted octanol–water partition coefficient (Wildman–Crippen LogP) is 2.99. The Labute approximate surface area is 173 Å². The first-order valence-corrected chi connectivity index (χ1v) is 10.2. The molecule has 1 aliphatic carbocycles. The highest BCUT2D eigenvalue weighted by Crippen LogP contribution is 2.40. The quantitative estimate of drug-likeness (QED) is 0.572. The lowest BCUT2D eigenvalue weighted by Crippen LogP contribution is -2.23. The van der Waals surface area contributed by atoms with Crippen LogP contribution in [0.15, 0.2) is 42.6 Å². The van der Waals surface area contributed by atoms with Crippen LogP contribution in [0.1, 0.15) is 35.1 Å². The molecule has 1 aromatic heterocycles. The van der Waals surface area contributed by atoms with Crippen molar-refractivity contribution in [2.75, 3.05) is 13.2 Å². The average molecular weight is 402 g/mol. The van der Waals surface area contributed by atoms with Crippen LogP contribution in [-0.2, 0) is 22.4 Å². The number of imide groups is 1. The fraction of sp³-hybridized carbons (Fsp3) is 0.250. The highest BCUT2D eigenvalue weighted by molar-refractivity contribution is 6.50. The summed E-state index contributed by atoms with van der Waals surface area (Å²) >= 11 is 0. The topological polar surface area (TPSA) is 91.4 Å². The van der Waals surface area contributed by atoms with Crippen LogP contribution in [-0.4, -0.2) is 35.1 Å². The standard InChI is InChI=1S/C24H22N2O4/c27-9-10-30-15-11-14-5-1-2-6-16(14)18(12-15)21-22(24(29)26-23(21)28)19-13-25-20-8-4-3-7-17(19)20/h3-4,7-8,11-13,25,27H,1-2,5-6,9-10H2,(H,26,28,29). The van der Waals surface area contributed by atoms with Crippen molar-refractivity contribution in [2.45, 2.75) is 25.7 Å². The Kier molecular flexibility index (Phi) is 4.64. The third-order valence-corrected chi connectivity index (χ3v) is 5.86. The molecule has 30 heavy (non-hydrogen) atoms. The molecule has 0 saturated heterocycles. The lowest BCUT2D eigenvalue weighted by Gasteiger charge is -2.21. The largest absolute Gasteiger partial charge is 0.491 e. The van der Waals surface area contributed by atoms with Gasteiger partial charge in [-0.15, -0.1) is 0 Å². The molecule has 3 N–H and O–H groups in total. The van der Waals surface area contributed by atoms with Gasteiger partial charge in [0.2, 0.25) is 0 Å². The molecule has 2 amide bonds. The molecule has 152 valence electrons. The first kappa shape index (κ1) is 18.6. The maximum atomic E-state index is 13.0. The summed E-state index contributed by atoms with van der Waals surface area (Å²) in [5.74, 6) is -0.156. The predicted molar refractivity (Wildman–Crippen MR) is 114 cm³/mol. The zero-order valence-electron chi connectivity index (χ0n) is 16.5. The average Bonchev–Trinajstić information content (AvgIpc) is 3.31. The van der Waals surface area contributed by atoms with Crippen molar-refractivity contribution in [2.24, 2.45) is 0 Å². The molecule has 0 radical (unpaired) electrons. The molecular formula is C24H22N2O4. The van der Waals surface area contributed by atoms with Gasteiger partial charge in [0.15, 0.2) is 0 Å². The molecule has 2 heterocycles. The maximum absolute atomic E-state index is 13.0. The van der Waals surface area contributed by atoms with Gasteiger partial charge in [-0.05, 0) is 60.6 Å². The van der Waals surface area contributed by atoms with Gasteiger partial charge in [0.25, 0.3) is 11.8 Å². The smallest absolute Gasteiger partial charge is 0.259 e. The number of aryl methyl sites for hydroxylation is 1. The number of hydrogen-bond acceptors (Lipinski definition) is 4. The van der Waals surface area contributed by atoms with Crippen LogP contribution in [0.25, 0.3) is 22.0 Å². The van der Waals surface area contributed by atoms with Crippen LogP contribution in [0.2, 0.25) is 0 Å². The molecule has 1 aliphatic heterocycles. The maximum Gasteiger partial charge on any atom is 0.259 e. The minimum absolute atomic E-state index is 0.0886. The van der Waals surface area contributed by atoms with E-state index in [1.165, 1.54) is 0 Å². The molecule has 0 bridgehead atoms. The van der Waals surface area contributed by atoms with Gasteiger partial charge in [0, 0.05) is 22.7 Å². The molecule has 0 unspecified atom stereocenters. The van der Waals surface area contributed by atoms with Crippen molar-refractivity contribution in [3.8, 4) is 5.75 Å². The van der Waals surface area contributed by atoms with Crippen LogP contribution in [0, 0.1) is 0 Å². The summed E-state index contributed by atoms with van der Waals surface area (Å²) in [5.41, 5.74) is 5.42.